The Hall–Kier alpha value is -2.12. The van der Waals surface area contributed by atoms with Crippen molar-refractivity contribution in [3.8, 4) is 0 Å². The van der Waals surface area contributed by atoms with E-state index >= 15 is 0 Å². The molecule has 1 atom stereocenters. The van der Waals surface area contributed by atoms with Crippen LogP contribution in [0.3, 0.4) is 0 Å². The molecule has 0 bridgehead atoms. The summed E-state index contributed by atoms with van der Waals surface area (Å²) < 4.78 is 25.1. The Morgan fingerprint density at radius 2 is 1.71 bits per heavy atom. The highest BCUT2D eigenvalue weighted by Crippen LogP contribution is 2.21. The minimum atomic E-state index is -3.63. The first-order valence-electron chi connectivity index (χ1n) is 6.66. The zero-order valence-electron chi connectivity index (χ0n) is 12.1. The minimum absolute atomic E-state index is 0.210. The highest BCUT2D eigenvalue weighted by molar-refractivity contribution is 7.92. The van der Waals surface area contributed by atoms with Crippen LogP contribution < -0.4 is 0 Å². The van der Waals surface area contributed by atoms with Gasteiger partial charge in [0.05, 0.1) is 11.3 Å². The van der Waals surface area contributed by atoms with Crippen molar-refractivity contribution in [3.63, 3.8) is 0 Å². The van der Waals surface area contributed by atoms with Crippen molar-refractivity contribution in [3.05, 3.63) is 76.6 Å². The summed E-state index contributed by atoms with van der Waals surface area (Å²) in [7, 11) is -3.63. The van der Waals surface area contributed by atoms with E-state index in [0.29, 0.717) is 0 Å². The van der Waals surface area contributed by atoms with Gasteiger partial charge >= 0.3 is 5.37 Å². The number of nitrogens with zero attached hydrogens (tertiary/aromatic N) is 1. The third-order valence-corrected chi connectivity index (χ3v) is 5.26. The van der Waals surface area contributed by atoms with Gasteiger partial charge in [0.2, 0.25) is 0 Å². The fraction of sp³-hybridized carbons (Fsp3) is 0.235. The molecule has 0 heterocycles. The fourth-order valence-corrected chi connectivity index (χ4v) is 3.53. The van der Waals surface area contributed by atoms with E-state index in [-0.39, 0.29) is 11.3 Å². The molecule has 0 saturated carbocycles. The minimum Gasteiger partial charge on any atom is -0.296 e. The van der Waals surface area contributed by atoms with Crippen molar-refractivity contribution in [1.29, 1.82) is 0 Å². The first kappa shape index (κ1) is 15.3. The summed E-state index contributed by atoms with van der Waals surface area (Å²) >= 11 is 0. The lowest BCUT2D eigenvalue weighted by atomic mass is 10.1. The molecule has 2 aromatic carbocycles. The third-order valence-electron chi connectivity index (χ3n) is 3.34. The number of rotatable bonds is 4. The van der Waals surface area contributed by atoms with Crippen LogP contribution in [0.5, 0.6) is 0 Å². The highest BCUT2D eigenvalue weighted by atomic mass is 32.2. The van der Waals surface area contributed by atoms with E-state index in [1.165, 1.54) is 0 Å². The molecule has 2 aromatic rings. The van der Waals surface area contributed by atoms with Crippen molar-refractivity contribution < 1.29 is 8.42 Å². The second kappa shape index (κ2) is 6.11. The van der Waals surface area contributed by atoms with Crippen molar-refractivity contribution in [2.45, 2.75) is 30.5 Å². The van der Waals surface area contributed by atoms with Gasteiger partial charge < -0.3 is 0 Å². The van der Waals surface area contributed by atoms with Crippen LogP contribution in [0.2, 0.25) is 0 Å². The molecule has 0 aromatic heterocycles. The molecule has 0 radical (unpaired) electrons. The zero-order chi connectivity index (χ0) is 15.5. The Bertz CT molecular complexity index is 771. The number of hydrogen-bond donors (Lipinski definition) is 0. The standard InChI is InChI=1S/C17H17NO2S/c1-13-7-9-16(10-8-13)21(19,20)17(18-3)12-15-6-4-5-14(2)11-15/h4-11,17H,12H2,1-2H3/t17-/m1/s1. The van der Waals surface area contributed by atoms with Gasteiger partial charge in [-0.2, -0.15) is 0 Å². The van der Waals surface area contributed by atoms with Crippen LogP contribution in [0.15, 0.2) is 53.4 Å². The largest absolute Gasteiger partial charge is 0.329 e. The fourth-order valence-electron chi connectivity index (χ4n) is 2.15. The number of benzene rings is 2. The highest BCUT2D eigenvalue weighted by Gasteiger charge is 2.32. The molecule has 0 unspecified atom stereocenters. The Balaban J connectivity index is 2.32. The lowest BCUT2D eigenvalue weighted by molar-refractivity contribution is 0.587. The van der Waals surface area contributed by atoms with Crippen LogP contribution in [0.1, 0.15) is 16.7 Å². The molecule has 108 valence electrons. The zero-order valence-corrected chi connectivity index (χ0v) is 12.9. The molecule has 0 fully saturated rings. The maximum atomic E-state index is 12.6. The lowest BCUT2D eigenvalue weighted by Gasteiger charge is -2.08. The van der Waals surface area contributed by atoms with E-state index in [4.69, 9.17) is 6.57 Å². The smallest absolute Gasteiger partial charge is 0.296 e. The van der Waals surface area contributed by atoms with Crippen molar-refractivity contribution >= 4 is 9.84 Å². The Kier molecular flexibility index (Phi) is 4.44. The van der Waals surface area contributed by atoms with Crippen LogP contribution in [0.25, 0.3) is 4.85 Å². The summed E-state index contributed by atoms with van der Waals surface area (Å²) in [6.07, 6.45) is 0.210. The van der Waals surface area contributed by atoms with Gasteiger partial charge in [-0.05, 0) is 31.5 Å². The first-order chi connectivity index (χ1) is 9.93. The average molecular weight is 299 g/mol. The lowest BCUT2D eigenvalue weighted by Crippen LogP contribution is -2.20. The van der Waals surface area contributed by atoms with Gasteiger partial charge in [0.25, 0.3) is 9.84 Å². The van der Waals surface area contributed by atoms with E-state index in [2.05, 4.69) is 4.85 Å². The van der Waals surface area contributed by atoms with Gasteiger partial charge in [-0.3, -0.25) is 4.85 Å². The SMILES string of the molecule is [C-]#[N+][C@@H](Cc1cccc(C)c1)S(=O)(=O)c1ccc(C)cc1. The maximum Gasteiger partial charge on any atom is 0.329 e. The second-order valence-corrected chi connectivity index (χ2v) is 7.24. The number of sulfone groups is 1. The van der Waals surface area contributed by atoms with E-state index < -0.39 is 15.2 Å². The first-order valence-corrected chi connectivity index (χ1v) is 8.21. The van der Waals surface area contributed by atoms with Crippen molar-refractivity contribution in [1.82, 2.24) is 0 Å². The molecule has 0 spiro atoms. The topological polar surface area (TPSA) is 38.5 Å². The normalized spacial score (nSPS) is 12.6. The van der Waals surface area contributed by atoms with Gasteiger partial charge in [0, 0.05) is 0 Å². The molecule has 0 aliphatic rings. The molecule has 0 saturated heterocycles. The van der Waals surface area contributed by atoms with Crippen LogP contribution in [-0.2, 0) is 16.3 Å². The molecule has 21 heavy (non-hydrogen) atoms. The molecular weight excluding hydrogens is 282 g/mol. The van der Waals surface area contributed by atoms with E-state index in [9.17, 15) is 8.42 Å². The van der Waals surface area contributed by atoms with Crippen molar-refractivity contribution in [2.75, 3.05) is 0 Å². The summed E-state index contributed by atoms with van der Waals surface area (Å²) in [4.78, 5) is 3.56. The second-order valence-electron chi connectivity index (χ2n) is 5.13. The van der Waals surface area contributed by atoms with Crippen LogP contribution in [-0.4, -0.2) is 13.8 Å². The van der Waals surface area contributed by atoms with E-state index in [1.807, 2.05) is 38.1 Å². The van der Waals surface area contributed by atoms with E-state index in [0.717, 1.165) is 16.7 Å². The Labute approximate surface area is 126 Å². The Morgan fingerprint density at radius 3 is 2.29 bits per heavy atom. The predicted molar refractivity (Wildman–Crippen MR) is 83.6 cm³/mol. The summed E-state index contributed by atoms with van der Waals surface area (Å²) in [5.41, 5.74) is 2.92. The summed E-state index contributed by atoms with van der Waals surface area (Å²) in [5, 5.41) is -1.08. The summed E-state index contributed by atoms with van der Waals surface area (Å²) in [6.45, 7) is 11.1. The van der Waals surface area contributed by atoms with Crippen LogP contribution >= 0.6 is 0 Å². The van der Waals surface area contributed by atoms with Crippen LogP contribution in [0, 0.1) is 20.4 Å². The molecular formula is C17H17NO2S. The molecule has 0 N–H and O–H groups in total. The molecule has 2 rings (SSSR count). The van der Waals surface area contributed by atoms with Crippen molar-refractivity contribution in [2.24, 2.45) is 0 Å². The molecule has 0 amide bonds. The summed E-state index contributed by atoms with van der Waals surface area (Å²) in [5.74, 6) is 0. The quantitative estimate of drug-likeness (QED) is 0.810. The van der Waals surface area contributed by atoms with Gasteiger partial charge in [0.1, 0.15) is 0 Å². The van der Waals surface area contributed by atoms with Gasteiger partial charge in [0.15, 0.2) is 0 Å². The van der Waals surface area contributed by atoms with Crippen LogP contribution in [0.4, 0.5) is 0 Å². The number of aryl methyl sites for hydroxylation is 2. The molecule has 3 nitrogen and oxygen atoms in total. The van der Waals surface area contributed by atoms with E-state index in [1.54, 1.807) is 24.3 Å². The third kappa shape index (κ3) is 3.50. The predicted octanol–water partition coefficient (Wildman–Crippen LogP) is 3.57. The number of hydrogen-bond acceptors (Lipinski definition) is 2. The molecule has 0 aliphatic carbocycles. The van der Waals surface area contributed by atoms with Gasteiger partial charge in [-0.25, -0.2) is 15.0 Å². The summed E-state index contributed by atoms with van der Waals surface area (Å²) in [6, 6.07) is 14.2. The maximum absolute atomic E-state index is 12.6. The molecule has 4 heteroatoms. The van der Waals surface area contributed by atoms with Gasteiger partial charge in [-0.15, -0.1) is 0 Å². The Morgan fingerprint density at radius 1 is 1.05 bits per heavy atom. The van der Waals surface area contributed by atoms with Gasteiger partial charge in [-0.1, -0.05) is 47.5 Å². The monoisotopic (exact) mass is 299 g/mol. The average Bonchev–Trinajstić information content (AvgIpc) is 2.45. The molecule has 0 aliphatic heterocycles.